The molecule has 0 saturated heterocycles. The van der Waals surface area contributed by atoms with Gasteiger partial charge in [0.15, 0.2) is 0 Å². The molecule has 1 fully saturated rings. The van der Waals surface area contributed by atoms with Crippen LogP contribution in [0.15, 0.2) is 0 Å². The number of urea groups is 1. The van der Waals surface area contributed by atoms with Crippen molar-refractivity contribution in [3.63, 3.8) is 0 Å². The van der Waals surface area contributed by atoms with Crippen LogP contribution in [-0.2, 0) is 4.79 Å². The summed E-state index contributed by atoms with van der Waals surface area (Å²) in [6, 6.07) is -0.551. The highest BCUT2D eigenvalue weighted by Crippen LogP contribution is 2.38. The van der Waals surface area contributed by atoms with Gasteiger partial charge >= 0.3 is 12.0 Å². The number of hydrogen-bond donors (Lipinski definition) is 3. The lowest BCUT2D eigenvalue weighted by molar-refractivity contribution is -0.148. The number of amides is 2. The summed E-state index contributed by atoms with van der Waals surface area (Å²) in [6.07, 6.45) is 2.19. The second-order valence-electron chi connectivity index (χ2n) is 5.59. The van der Waals surface area contributed by atoms with Gasteiger partial charge in [-0.05, 0) is 32.9 Å². The molecule has 0 spiro atoms. The Morgan fingerprint density at radius 3 is 2.55 bits per heavy atom. The van der Waals surface area contributed by atoms with Gasteiger partial charge in [-0.25, -0.2) is 4.79 Å². The van der Waals surface area contributed by atoms with Gasteiger partial charge in [-0.15, -0.1) is 0 Å². The van der Waals surface area contributed by atoms with Crippen LogP contribution in [0.1, 0.15) is 40.0 Å². The van der Waals surface area contributed by atoms with Crippen molar-refractivity contribution in [2.45, 2.75) is 46.1 Å². The van der Waals surface area contributed by atoms with Crippen LogP contribution in [0.4, 0.5) is 4.79 Å². The quantitative estimate of drug-likeness (QED) is 0.658. The molecule has 0 aliphatic heterocycles. The molecule has 2 atom stereocenters. The smallest absolute Gasteiger partial charge is 0.315 e. The highest BCUT2D eigenvalue weighted by Gasteiger charge is 2.45. The average Bonchev–Trinajstić information content (AvgIpc) is 2.77. The van der Waals surface area contributed by atoms with E-state index in [0.29, 0.717) is 13.0 Å². The summed E-state index contributed by atoms with van der Waals surface area (Å²) >= 11 is 0. The third-order valence-corrected chi connectivity index (χ3v) is 4.36. The first-order chi connectivity index (χ1) is 9.43. The Kier molecular flexibility index (Phi) is 6.26. The van der Waals surface area contributed by atoms with E-state index in [1.807, 2.05) is 0 Å². The zero-order valence-electron chi connectivity index (χ0n) is 12.7. The van der Waals surface area contributed by atoms with Crippen LogP contribution in [0.5, 0.6) is 0 Å². The number of aliphatic carboxylic acids is 1. The molecule has 1 rings (SSSR count). The summed E-state index contributed by atoms with van der Waals surface area (Å²) < 4.78 is 0. The van der Waals surface area contributed by atoms with Gasteiger partial charge in [0.1, 0.15) is 0 Å². The summed E-state index contributed by atoms with van der Waals surface area (Å²) in [5, 5.41) is 14.9. The lowest BCUT2D eigenvalue weighted by Gasteiger charge is -2.28. The zero-order chi connectivity index (χ0) is 15.2. The first-order valence-electron chi connectivity index (χ1n) is 7.44. The average molecular weight is 285 g/mol. The van der Waals surface area contributed by atoms with Crippen molar-refractivity contribution in [2.75, 3.05) is 26.2 Å². The fraction of sp³-hybridized carbons (Fsp3) is 0.857. The van der Waals surface area contributed by atoms with Gasteiger partial charge in [0.25, 0.3) is 0 Å². The van der Waals surface area contributed by atoms with Crippen molar-refractivity contribution in [2.24, 2.45) is 5.41 Å². The lowest BCUT2D eigenvalue weighted by atomic mass is 9.85. The maximum atomic E-state index is 11.8. The van der Waals surface area contributed by atoms with E-state index < -0.39 is 11.4 Å². The number of carbonyl (C=O) groups excluding carboxylic acids is 1. The van der Waals surface area contributed by atoms with Crippen LogP contribution in [0, 0.1) is 5.41 Å². The van der Waals surface area contributed by atoms with E-state index >= 15 is 0 Å². The van der Waals surface area contributed by atoms with E-state index in [0.717, 1.165) is 32.5 Å². The maximum absolute atomic E-state index is 11.8. The van der Waals surface area contributed by atoms with Crippen LogP contribution in [0.25, 0.3) is 0 Å². The molecule has 0 aromatic rings. The number of carbonyl (C=O) groups is 2. The monoisotopic (exact) mass is 285 g/mol. The fourth-order valence-electron chi connectivity index (χ4n) is 2.73. The largest absolute Gasteiger partial charge is 0.481 e. The Morgan fingerprint density at radius 2 is 2.00 bits per heavy atom. The molecule has 0 radical (unpaired) electrons. The molecule has 0 heterocycles. The highest BCUT2D eigenvalue weighted by molar-refractivity contribution is 5.79. The molecule has 116 valence electrons. The van der Waals surface area contributed by atoms with Crippen molar-refractivity contribution in [3.05, 3.63) is 0 Å². The van der Waals surface area contributed by atoms with Crippen molar-refractivity contribution in [3.8, 4) is 0 Å². The predicted molar refractivity (Wildman–Crippen MR) is 77.7 cm³/mol. The van der Waals surface area contributed by atoms with E-state index in [1.54, 1.807) is 6.92 Å². The summed E-state index contributed by atoms with van der Waals surface area (Å²) in [5.74, 6) is -0.830. The first-order valence-corrected chi connectivity index (χ1v) is 7.44. The number of nitrogens with one attached hydrogen (secondary N) is 2. The maximum Gasteiger partial charge on any atom is 0.315 e. The second kappa shape index (κ2) is 7.47. The molecule has 0 aromatic carbocycles. The van der Waals surface area contributed by atoms with E-state index in [1.165, 1.54) is 0 Å². The minimum Gasteiger partial charge on any atom is -0.481 e. The van der Waals surface area contributed by atoms with Gasteiger partial charge in [-0.1, -0.05) is 20.3 Å². The molecule has 3 N–H and O–H groups in total. The normalized spacial score (nSPS) is 25.7. The molecular weight excluding hydrogens is 258 g/mol. The number of nitrogens with zero attached hydrogens (tertiary/aromatic N) is 1. The molecule has 1 aliphatic carbocycles. The Morgan fingerprint density at radius 1 is 1.35 bits per heavy atom. The fourth-order valence-corrected chi connectivity index (χ4v) is 2.73. The molecule has 1 saturated carbocycles. The predicted octanol–water partition coefficient (Wildman–Crippen LogP) is 1.27. The summed E-state index contributed by atoms with van der Waals surface area (Å²) in [5.41, 5.74) is -0.837. The van der Waals surface area contributed by atoms with Crippen LogP contribution in [0.2, 0.25) is 0 Å². The van der Waals surface area contributed by atoms with Crippen LogP contribution in [-0.4, -0.2) is 54.2 Å². The first kappa shape index (κ1) is 16.8. The molecule has 0 bridgehead atoms. The number of likely N-dealkylation sites (N-methyl/N-ethyl adjacent to an activating group) is 1. The minimum absolute atomic E-state index is 0.267. The van der Waals surface area contributed by atoms with Crippen molar-refractivity contribution in [1.29, 1.82) is 0 Å². The van der Waals surface area contributed by atoms with E-state index in [4.69, 9.17) is 0 Å². The van der Waals surface area contributed by atoms with Crippen molar-refractivity contribution in [1.82, 2.24) is 15.5 Å². The van der Waals surface area contributed by atoms with Gasteiger partial charge in [0.2, 0.25) is 0 Å². The summed E-state index contributed by atoms with van der Waals surface area (Å²) in [4.78, 5) is 25.4. The molecule has 2 unspecified atom stereocenters. The van der Waals surface area contributed by atoms with Crippen molar-refractivity contribution < 1.29 is 14.7 Å². The Bertz CT molecular complexity index is 345. The Balaban J connectivity index is 2.37. The molecule has 20 heavy (non-hydrogen) atoms. The van der Waals surface area contributed by atoms with E-state index in [9.17, 15) is 14.7 Å². The molecule has 6 heteroatoms. The van der Waals surface area contributed by atoms with Gasteiger partial charge in [0.05, 0.1) is 5.41 Å². The van der Waals surface area contributed by atoms with Gasteiger partial charge < -0.3 is 20.6 Å². The number of rotatable bonds is 7. The van der Waals surface area contributed by atoms with Gasteiger partial charge in [0, 0.05) is 19.1 Å². The van der Waals surface area contributed by atoms with Crippen LogP contribution < -0.4 is 10.6 Å². The standard InChI is InChI=1S/C14H27N3O3/c1-4-17(5-2)10-9-15-13(20)16-11-7-6-8-14(11,3)12(18)19/h11H,4-10H2,1-3H3,(H,18,19)(H2,15,16,20). The topological polar surface area (TPSA) is 81.7 Å². The van der Waals surface area contributed by atoms with E-state index in [2.05, 4.69) is 29.4 Å². The molecule has 6 nitrogen and oxygen atoms in total. The summed E-state index contributed by atoms with van der Waals surface area (Å²) in [7, 11) is 0. The molecular formula is C14H27N3O3. The Hall–Kier alpha value is -1.30. The number of hydrogen-bond acceptors (Lipinski definition) is 3. The number of carboxylic acid groups (broad SMARTS) is 1. The lowest BCUT2D eigenvalue weighted by Crippen LogP contribution is -2.51. The summed E-state index contributed by atoms with van der Waals surface area (Å²) in [6.45, 7) is 9.17. The molecule has 1 aliphatic rings. The SMILES string of the molecule is CCN(CC)CCNC(=O)NC1CCCC1(C)C(=O)O. The second-order valence-corrected chi connectivity index (χ2v) is 5.59. The Labute approximate surface area is 120 Å². The zero-order valence-corrected chi connectivity index (χ0v) is 12.7. The van der Waals surface area contributed by atoms with Crippen molar-refractivity contribution >= 4 is 12.0 Å². The third-order valence-electron chi connectivity index (χ3n) is 4.36. The minimum atomic E-state index is -0.837. The van der Waals surface area contributed by atoms with Crippen LogP contribution >= 0.6 is 0 Å². The van der Waals surface area contributed by atoms with Gasteiger partial charge in [-0.3, -0.25) is 4.79 Å². The van der Waals surface area contributed by atoms with Gasteiger partial charge in [-0.2, -0.15) is 0 Å². The third kappa shape index (κ3) is 4.10. The molecule has 0 aromatic heterocycles. The number of carboxylic acids is 1. The van der Waals surface area contributed by atoms with Crippen LogP contribution in [0.3, 0.4) is 0 Å². The van der Waals surface area contributed by atoms with E-state index in [-0.39, 0.29) is 12.1 Å². The molecule has 2 amide bonds. The highest BCUT2D eigenvalue weighted by atomic mass is 16.4.